The van der Waals surface area contributed by atoms with Gasteiger partial charge < -0.3 is 5.11 Å². The van der Waals surface area contributed by atoms with Crippen molar-refractivity contribution in [1.82, 2.24) is 9.55 Å². The summed E-state index contributed by atoms with van der Waals surface area (Å²) < 4.78 is 1.94. The Labute approximate surface area is 115 Å². The number of carboxylic acids is 1. The Morgan fingerprint density at radius 2 is 1.75 bits per heavy atom. The van der Waals surface area contributed by atoms with Crippen LogP contribution in [0.4, 0.5) is 0 Å². The molecule has 0 saturated heterocycles. The smallest absolute Gasteiger partial charge is 0.328 e. The Morgan fingerprint density at radius 3 is 2.50 bits per heavy atom. The first kappa shape index (κ1) is 12.2. The molecule has 0 amide bonds. The number of hydrogen-bond acceptors (Lipinski definition) is 2. The summed E-state index contributed by atoms with van der Waals surface area (Å²) in [6.07, 6.45) is 2.61. The summed E-state index contributed by atoms with van der Waals surface area (Å²) in [6.45, 7) is 0. The summed E-state index contributed by atoms with van der Waals surface area (Å²) in [4.78, 5) is 15.2. The fourth-order valence-corrected chi connectivity index (χ4v) is 2.15. The van der Waals surface area contributed by atoms with Crippen LogP contribution >= 0.6 is 0 Å². The predicted molar refractivity (Wildman–Crippen MR) is 77.7 cm³/mol. The molecule has 0 aliphatic rings. The van der Waals surface area contributed by atoms with E-state index >= 15 is 0 Å². The molecule has 1 N–H and O–H groups in total. The van der Waals surface area contributed by atoms with E-state index in [4.69, 9.17) is 5.11 Å². The van der Waals surface area contributed by atoms with Gasteiger partial charge in [-0.05, 0) is 30.3 Å². The van der Waals surface area contributed by atoms with E-state index in [1.807, 2.05) is 59.2 Å². The first-order valence-electron chi connectivity index (χ1n) is 6.19. The maximum Gasteiger partial charge on any atom is 0.328 e. The average molecular weight is 264 g/mol. The lowest BCUT2D eigenvalue weighted by atomic mass is 10.3. The van der Waals surface area contributed by atoms with Gasteiger partial charge in [-0.2, -0.15) is 0 Å². The molecule has 0 spiro atoms. The molecule has 0 unspecified atom stereocenters. The first-order valence-corrected chi connectivity index (χ1v) is 6.19. The lowest BCUT2D eigenvalue weighted by Gasteiger charge is -2.06. The summed E-state index contributed by atoms with van der Waals surface area (Å²) in [5.74, 6) is -0.392. The molecule has 1 aromatic heterocycles. The van der Waals surface area contributed by atoms with Crippen molar-refractivity contribution in [2.75, 3.05) is 0 Å². The van der Waals surface area contributed by atoms with E-state index in [1.165, 1.54) is 6.08 Å². The molecule has 0 fully saturated rings. The molecule has 4 heteroatoms. The number of aliphatic carboxylic acids is 1. The zero-order valence-electron chi connectivity index (χ0n) is 10.6. The lowest BCUT2D eigenvalue weighted by molar-refractivity contribution is -0.131. The number of aromatic nitrogens is 2. The second-order valence-electron chi connectivity index (χ2n) is 4.30. The Hall–Kier alpha value is -2.88. The second kappa shape index (κ2) is 5.01. The van der Waals surface area contributed by atoms with Crippen LogP contribution in [0.15, 0.2) is 60.7 Å². The van der Waals surface area contributed by atoms with Crippen LogP contribution in [-0.2, 0) is 4.79 Å². The van der Waals surface area contributed by atoms with Gasteiger partial charge in [-0.1, -0.05) is 30.3 Å². The maximum absolute atomic E-state index is 10.7. The number of rotatable bonds is 3. The molecule has 0 aliphatic carbocycles. The van der Waals surface area contributed by atoms with Crippen molar-refractivity contribution in [3.63, 3.8) is 0 Å². The van der Waals surface area contributed by atoms with E-state index in [0.717, 1.165) is 22.8 Å². The van der Waals surface area contributed by atoms with Crippen LogP contribution in [0.2, 0.25) is 0 Å². The summed E-state index contributed by atoms with van der Waals surface area (Å²) >= 11 is 0. The van der Waals surface area contributed by atoms with Gasteiger partial charge in [0, 0.05) is 11.8 Å². The third-order valence-corrected chi connectivity index (χ3v) is 2.98. The molecule has 2 aromatic carbocycles. The number of hydrogen-bond donors (Lipinski definition) is 1. The molecule has 0 saturated carbocycles. The number of carbonyl (C=O) groups is 1. The highest BCUT2D eigenvalue weighted by Gasteiger charge is 2.09. The third-order valence-electron chi connectivity index (χ3n) is 2.98. The molecular weight excluding hydrogens is 252 g/mol. The quantitative estimate of drug-likeness (QED) is 0.739. The zero-order valence-corrected chi connectivity index (χ0v) is 10.6. The number of benzene rings is 2. The number of imidazole rings is 1. The van der Waals surface area contributed by atoms with Gasteiger partial charge in [-0.3, -0.25) is 4.57 Å². The molecule has 0 radical (unpaired) electrons. The van der Waals surface area contributed by atoms with Crippen LogP contribution in [0.25, 0.3) is 22.8 Å². The number of para-hydroxylation sites is 3. The molecule has 20 heavy (non-hydrogen) atoms. The van der Waals surface area contributed by atoms with E-state index in [2.05, 4.69) is 4.98 Å². The van der Waals surface area contributed by atoms with Gasteiger partial charge in [0.05, 0.1) is 11.0 Å². The van der Waals surface area contributed by atoms with Crippen LogP contribution in [0.3, 0.4) is 0 Å². The van der Waals surface area contributed by atoms with E-state index in [0.29, 0.717) is 5.82 Å². The van der Waals surface area contributed by atoms with Crippen molar-refractivity contribution in [1.29, 1.82) is 0 Å². The highest BCUT2D eigenvalue weighted by Crippen LogP contribution is 2.22. The third kappa shape index (κ3) is 2.19. The summed E-state index contributed by atoms with van der Waals surface area (Å²) in [7, 11) is 0. The van der Waals surface area contributed by atoms with Crippen molar-refractivity contribution in [3.05, 3.63) is 66.5 Å². The lowest BCUT2D eigenvalue weighted by Crippen LogP contribution is -1.97. The summed E-state index contributed by atoms with van der Waals surface area (Å²) in [5.41, 5.74) is 2.73. The molecule has 0 aliphatic heterocycles. The van der Waals surface area contributed by atoms with E-state index in [9.17, 15) is 4.79 Å². The van der Waals surface area contributed by atoms with Crippen LogP contribution in [0.1, 0.15) is 5.82 Å². The SMILES string of the molecule is O=C(O)C=Cc1nc2ccccc2n1-c1ccccc1. The highest BCUT2D eigenvalue weighted by atomic mass is 16.4. The average Bonchev–Trinajstić information content (AvgIpc) is 2.84. The summed E-state index contributed by atoms with van der Waals surface area (Å²) in [6, 6.07) is 17.5. The number of carboxylic acid groups (broad SMARTS) is 1. The van der Waals surface area contributed by atoms with E-state index < -0.39 is 5.97 Å². The van der Waals surface area contributed by atoms with Gasteiger partial charge in [0.1, 0.15) is 5.82 Å². The Bertz CT molecular complexity index is 789. The van der Waals surface area contributed by atoms with E-state index in [-0.39, 0.29) is 0 Å². The molecule has 0 atom stereocenters. The maximum atomic E-state index is 10.7. The Kier molecular flexibility index (Phi) is 3.05. The van der Waals surface area contributed by atoms with Gasteiger partial charge in [0.2, 0.25) is 0 Å². The molecule has 3 rings (SSSR count). The molecule has 1 heterocycles. The Morgan fingerprint density at radius 1 is 1.05 bits per heavy atom. The minimum absolute atomic E-state index is 0.597. The number of nitrogens with zero attached hydrogens (tertiary/aromatic N) is 2. The zero-order chi connectivity index (χ0) is 13.9. The monoisotopic (exact) mass is 264 g/mol. The summed E-state index contributed by atoms with van der Waals surface area (Å²) in [5, 5.41) is 8.79. The standard InChI is InChI=1S/C16H12N2O2/c19-16(20)11-10-15-17-13-8-4-5-9-14(13)18(15)12-6-2-1-3-7-12/h1-11H,(H,19,20). The fourth-order valence-electron chi connectivity index (χ4n) is 2.15. The van der Waals surface area contributed by atoms with Crippen molar-refractivity contribution in [2.24, 2.45) is 0 Å². The molecule has 4 nitrogen and oxygen atoms in total. The number of fused-ring (bicyclic) bond motifs is 1. The molecule has 3 aromatic rings. The van der Waals surface area contributed by atoms with Crippen LogP contribution in [0.5, 0.6) is 0 Å². The minimum atomic E-state index is -0.989. The topological polar surface area (TPSA) is 55.1 Å². The van der Waals surface area contributed by atoms with Crippen molar-refractivity contribution >= 4 is 23.1 Å². The van der Waals surface area contributed by atoms with Crippen molar-refractivity contribution in [2.45, 2.75) is 0 Å². The van der Waals surface area contributed by atoms with Gasteiger partial charge in [0.25, 0.3) is 0 Å². The first-order chi connectivity index (χ1) is 9.75. The van der Waals surface area contributed by atoms with Gasteiger partial charge in [-0.15, -0.1) is 0 Å². The minimum Gasteiger partial charge on any atom is -0.478 e. The molecule has 0 bridgehead atoms. The normalized spacial score (nSPS) is 11.2. The Balaban J connectivity index is 2.26. The van der Waals surface area contributed by atoms with Gasteiger partial charge in [0.15, 0.2) is 0 Å². The van der Waals surface area contributed by atoms with E-state index in [1.54, 1.807) is 0 Å². The van der Waals surface area contributed by atoms with Crippen molar-refractivity contribution in [3.8, 4) is 5.69 Å². The van der Waals surface area contributed by atoms with Crippen LogP contribution < -0.4 is 0 Å². The van der Waals surface area contributed by atoms with Gasteiger partial charge >= 0.3 is 5.97 Å². The molecular formula is C16H12N2O2. The van der Waals surface area contributed by atoms with Crippen LogP contribution in [0, 0.1) is 0 Å². The highest BCUT2D eigenvalue weighted by molar-refractivity contribution is 5.86. The van der Waals surface area contributed by atoms with Crippen LogP contribution in [-0.4, -0.2) is 20.6 Å². The molecule has 98 valence electrons. The predicted octanol–water partition coefficient (Wildman–Crippen LogP) is 3.12. The van der Waals surface area contributed by atoms with Crippen molar-refractivity contribution < 1.29 is 9.90 Å². The largest absolute Gasteiger partial charge is 0.478 e. The fraction of sp³-hybridized carbons (Fsp3) is 0. The van der Waals surface area contributed by atoms with Gasteiger partial charge in [-0.25, -0.2) is 9.78 Å². The second-order valence-corrected chi connectivity index (χ2v) is 4.30.